The second-order valence-corrected chi connectivity index (χ2v) is 17.2. The second kappa shape index (κ2) is 11.4. The number of para-hydroxylation sites is 4. The smallest absolute Gasteiger partial charge is 0.333 e. The highest BCUT2D eigenvalue weighted by Crippen LogP contribution is 2.58. The first kappa shape index (κ1) is 32.5. The lowest BCUT2D eigenvalue weighted by Crippen LogP contribution is -2.62. The number of hydrogen-bond donors (Lipinski definition) is 0. The lowest BCUT2D eigenvalue weighted by molar-refractivity contribution is 0.632. The number of hydrogen-bond acceptors (Lipinski definition) is 4. The topological polar surface area (TPSA) is 32.8 Å². The van der Waals surface area contributed by atoms with Gasteiger partial charge in [0.2, 0.25) is 0 Å². The number of furan rings is 2. The molecule has 2 aromatic heterocycles. The van der Waals surface area contributed by atoms with Crippen LogP contribution in [-0.2, 0) is 5.41 Å². The third-order valence-electron chi connectivity index (χ3n) is 13.8. The Morgan fingerprint density at radius 3 is 1.95 bits per heavy atom. The standard InChI is InChI=1S/C55H35BN2O2/c1-55(2)42-21-13-22-44-51(42)57(47-30-34-17-7-6-16-33(34)29-43(47)55)52-50-40(31-41-37-19-9-11-25-49(37)60-54(41)52)39-28-35(32-14-4-3-5-15-32)26-27-45(39)58(56(44)50)46-23-12-20-38-36-18-8-10-24-48(36)59-53(38)46/h3-31H,1-2H3. The molecule has 4 nitrogen and oxygen atoms in total. The number of anilines is 5. The van der Waals surface area contributed by atoms with Crippen molar-refractivity contribution in [2.75, 3.05) is 9.71 Å². The predicted octanol–water partition coefficient (Wildman–Crippen LogP) is 13.7. The van der Waals surface area contributed by atoms with E-state index in [4.69, 9.17) is 8.83 Å². The van der Waals surface area contributed by atoms with Crippen LogP contribution in [0.4, 0.5) is 28.4 Å². The van der Waals surface area contributed by atoms with Gasteiger partial charge in [0.25, 0.3) is 0 Å². The van der Waals surface area contributed by atoms with Gasteiger partial charge in [-0.15, -0.1) is 0 Å². The second-order valence-electron chi connectivity index (χ2n) is 17.2. The Morgan fingerprint density at radius 1 is 0.450 bits per heavy atom. The zero-order valence-electron chi connectivity index (χ0n) is 33.0. The summed E-state index contributed by atoms with van der Waals surface area (Å²) in [4.78, 5) is 5.15. The fourth-order valence-electron chi connectivity index (χ4n) is 11.1. The monoisotopic (exact) mass is 766 g/mol. The molecule has 9 aromatic carbocycles. The largest absolute Gasteiger partial charge is 0.454 e. The molecule has 280 valence electrons. The number of rotatable bonds is 2. The third kappa shape index (κ3) is 4.06. The van der Waals surface area contributed by atoms with Gasteiger partial charge in [0.05, 0.1) is 17.1 Å². The van der Waals surface area contributed by atoms with Crippen LogP contribution in [0, 0.1) is 0 Å². The summed E-state index contributed by atoms with van der Waals surface area (Å²) in [5.41, 5.74) is 18.9. The Kier molecular flexibility index (Phi) is 6.15. The fourth-order valence-corrected chi connectivity index (χ4v) is 11.1. The first-order valence-corrected chi connectivity index (χ1v) is 20.9. The maximum atomic E-state index is 7.14. The van der Waals surface area contributed by atoms with Crippen molar-refractivity contribution in [1.82, 2.24) is 0 Å². The highest BCUT2D eigenvalue weighted by Gasteiger charge is 2.51. The first-order chi connectivity index (χ1) is 29.5. The Morgan fingerprint density at radius 2 is 1.13 bits per heavy atom. The van der Waals surface area contributed by atoms with E-state index in [9.17, 15) is 0 Å². The summed E-state index contributed by atoms with van der Waals surface area (Å²) in [6.07, 6.45) is 0. The van der Waals surface area contributed by atoms with Crippen LogP contribution in [0.15, 0.2) is 185 Å². The summed E-state index contributed by atoms with van der Waals surface area (Å²) in [6.45, 7) is 4.58. The summed E-state index contributed by atoms with van der Waals surface area (Å²) in [6, 6.07) is 64.4. The van der Waals surface area contributed by atoms with Gasteiger partial charge >= 0.3 is 6.85 Å². The minimum atomic E-state index is -0.288. The molecule has 0 unspecified atom stereocenters. The Hall–Kier alpha value is -7.50. The van der Waals surface area contributed by atoms with Gasteiger partial charge < -0.3 is 18.5 Å². The summed E-state index contributed by atoms with van der Waals surface area (Å²) < 4.78 is 14.0. The Bertz CT molecular complexity index is 3670. The molecule has 0 N–H and O–H groups in total. The van der Waals surface area contributed by atoms with Gasteiger partial charge in [-0.3, -0.25) is 0 Å². The van der Waals surface area contributed by atoms with Crippen molar-refractivity contribution in [3.8, 4) is 22.3 Å². The lowest BCUT2D eigenvalue weighted by atomic mass is 9.42. The van der Waals surface area contributed by atoms with Gasteiger partial charge in [0.1, 0.15) is 11.2 Å². The molecule has 3 aliphatic rings. The molecule has 0 spiro atoms. The SMILES string of the molecule is CC1(C)c2cc3ccccc3cc2N2c3c(cccc31)B1c3c(cc4c(oc5ccccc54)c32)-c2cc(-c3ccccc3)ccc2N1c1cccc2c1oc1ccccc12. The van der Waals surface area contributed by atoms with Crippen molar-refractivity contribution < 1.29 is 8.83 Å². The fraction of sp³-hybridized carbons (Fsp3) is 0.0545. The lowest BCUT2D eigenvalue weighted by Gasteiger charge is -2.50. The van der Waals surface area contributed by atoms with Crippen molar-refractivity contribution >= 4 is 101 Å². The average molecular weight is 767 g/mol. The van der Waals surface area contributed by atoms with Gasteiger partial charge in [0.15, 0.2) is 11.2 Å². The zero-order chi connectivity index (χ0) is 39.4. The van der Waals surface area contributed by atoms with Gasteiger partial charge in [-0.2, -0.15) is 0 Å². The van der Waals surface area contributed by atoms with Crippen LogP contribution >= 0.6 is 0 Å². The van der Waals surface area contributed by atoms with Crippen molar-refractivity contribution in [1.29, 1.82) is 0 Å². The van der Waals surface area contributed by atoms with Crippen LogP contribution in [0.25, 0.3) is 76.9 Å². The van der Waals surface area contributed by atoms with E-state index >= 15 is 0 Å². The van der Waals surface area contributed by atoms with E-state index in [1.54, 1.807) is 0 Å². The Labute approximate surface area is 346 Å². The maximum Gasteiger partial charge on any atom is 0.333 e. The van der Waals surface area contributed by atoms with Crippen LogP contribution < -0.4 is 20.6 Å². The maximum absolute atomic E-state index is 7.14. The third-order valence-corrected chi connectivity index (χ3v) is 13.8. The predicted molar refractivity (Wildman–Crippen MR) is 250 cm³/mol. The van der Waals surface area contributed by atoms with Crippen molar-refractivity contribution in [2.45, 2.75) is 19.3 Å². The minimum absolute atomic E-state index is 0.203. The van der Waals surface area contributed by atoms with Crippen LogP contribution in [0.2, 0.25) is 0 Å². The zero-order valence-corrected chi connectivity index (χ0v) is 33.0. The highest BCUT2D eigenvalue weighted by molar-refractivity contribution is 6.94. The molecule has 60 heavy (non-hydrogen) atoms. The van der Waals surface area contributed by atoms with Crippen molar-refractivity contribution in [3.63, 3.8) is 0 Å². The normalized spacial score (nSPS) is 14.5. The summed E-state index contributed by atoms with van der Waals surface area (Å²) in [5, 5.41) is 6.93. The molecular weight excluding hydrogens is 731 g/mol. The van der Waals surface area contributed by atoms with E-state index in [-0.39, 0.29) is 12.3 Å². The first-order valence-electron chi connectivity index (χ1n) is 20.9. The van der Waals surface area contributed by atoms with Crippen molar-refractivity contribution in [3.05, 3.63) is 187 Å². The van der Waals surface area contributed by atoms with Gasteiger partial charge in [-0.05, 0) is 98.0 Å². The molecule has 5 heteroatoms. The van der Waals surface area contributed by atoms with E-state index in [2.05, 4.69) is 199 Å². The molecule has 11 aromatic rings. The molecule has 0 aliphatic carbocycles. The summed E-state index contributed by atoms with van der Waals surface area (Å²) in [7, 11) is 0. The molecule has 14 rings (SSSR count). The average Bonchev–Trinajstić information content (AvgIpc) is 3.87. The number of fused-ring (bicyclic) bond motifs is 14. The molecule has 3 aliphatic heterocycles. The molecule has 0 saturated heterocycles. The van der Waals surface area contributed by atoms with Gasteiger partial charge in [-0.1, -0.05) is 141 Å². The minimum Gasteiger partial charge on any atom is -0.454 e. The molecule has 0 fully saturated rings. The van der Waals surface area contributed by atoms with Crippen molar-refractivity contribution in [2.24, 2.45) is 0 Å². The molecule has 0 bridgehead atoms. The summed E-state index contributed by atoms with van der Waals surface area (Å²) in [5.74, 6) is 0. The van der Waals surface area contributed by atoms with Crippen LogP contribution in [0.1, 0.15) is 25.0 Å². The number of nitrogens with zero attached hydrogens (tertiary/aromatic N) is 2. The van der Waals surface area contributed by atoms with Gasteiger partial charge in [-0.25, -0.2) is 0 Å². The molecule has 5 heterocycles. The van der Waals surface area contributed by atoms with Crippen LogP contribution in [-0.4, -0.2) is 6.85 Å². The highest BCUT2D eigenvalue weighted by atomic mass is 16.3. The van der Waals surface area contributed by atoms with E-state index in [0.717, 1.165) is 60.9 Å². The van der Waals surface area contributed by atoms with Gasteiger partial charge in [0, 0.05) is 43.9 Å². The molecule has 0 amide bonds. The quantitative estimate of drug-likeness (QED) is 0.164. The molecular formula is C55H35BN2O2. The van der Waals surface area contributed by atoms with E-state index in [0.29, 0.717) is 0 Å². The van der Waals surface area contributed by atoms with Crippen LogP contribution in [0.5, 0.6) is 0 Å². The van der Waals surface area contributed by atoms with Crippen LogP contribution in [0.3, 0.4) is 0 Å². The Balaban J connectivity index is 1.18. The molecule has 0 saturated carbocycles. The number of benzene rings is 9. The summed E-state index contributed by atoms with van der Waals surface area (Å²) >= 11 is 0. The molecule has 0 atom stereocenters. The van der Waals surface area contributed by atoms with E-state index in [1.165, 1.54) is 66.5 Å². The van der Waals surface area contributed by atoms with E-state index < -0.39 is 0 Å². The molecule has 0 radical (unpaired) electrons. The van der Waals surface area contributed by atoms with E-state index in [1.807, 2.05) is 0 Å².